The number of aromatic nitrogens is 2. The Kier molecular flexibility index (Phi) is 8.00. The Morgan fingerprint density at radius 2 is 1.38 bits per heavy atom. The maximum absolute atomic E-state index is 14.0. The van der Waals surface area contributed by atoms with Crippen molar-refractivity contribution in [3.63, 3.8) is 0 Å². The number of nitrogens with zero attached hydrogens (tertiary/aromatic N) is 4. The lowest BCUT2D eigenvalue weighted by molar-refractivity contribution is 0.00255. The molecule has 2 aromatic heterocycles. The minimum atomic E-state index is -0.482. The van der Waals surface area contributed by atoms with Gasteiger partial charge < -0.3 is 9.64 Å². The van der Waals surface area contributed by atoms with Crippen LogP contribution < -0.4 is 0 Å². The summed E-state index contributed by atoms with van der Waals surface area (Å²) in [4.78, 5) is 40.5. The van der Waals surface area contributed by atoms with Crippen molar-refractivity contribution in [3.8, 4) is 0 Å². The molecule has 222 valence electrons. The Labute approximate surface area is 261 Å². The minimum absolute atomic E-state index is 0.0815. The average Bonchev–Trinajstić information content (AvgIpc) is 3.11. The zero-order chi connectivity index (χ0) is 30.6. The van der Waals surface area contributed by atoms with Gasteiger partial charge in [0, 0.05) is 49.0 Å². The van der Waals surface area contributed by atoms with Crippen molar-refractivity contribution in [1.29, 1.82) is 0 Å². The molecule has 0 bridgehead atoms. The summed E-state index contributed by atoms with van der Waals surface area (Å²) in [7, 11) is 0. The van der Waals surface area contributed by atoms with E-state index in [1.807, 2.05) is 95.9 Å². The van der Waals surface area contributed by atoms with E-state index in [1.165, 1.54) is 0 Å². The van der Waals surface area contributed by atoms with Crippen LogP contribution >= 0.6 is 0 Å². The molecule has 1 atom stereocenters. The van der Waals surface area contributed by atoms with Crippen LogP contribution in [0.1, 0.15) is 38.0 Å². The predicted octanol–water partition coefficient (Wildman–Crippen LogP) is 6.56. The van der Waals surface area contributed by atoms with Gasteiger partial charge >= 0.3 is 5.97 Å². The standard InChI is InChI=1S/C38H32N4O3/c43-37(34-24-39-23-30-16-8-9-17-32(30)34)41-21-22-42(36(28-12-3-1-4-13-28)29-14-5-2-6-15-29)31(25-41)26-45-38(44)35-33-18-10-7-11-27(33)19-20-40-35/h1-20,23-24,31,36H,21-22,25-26H2/t31-/m1/s1. The molecule has 1 fully saturated rings. The Hall–Kier alpha value is -5.40. The van der Waals surface area contributed by atoms with Crippen molar-refractivity contribution in [2.45, 2.75) is 12.1 Å². The Balaban J connectivity index is 1.22. The van der Waals surface area contributed by atoms with Crippen LogP contribution in [0.2, 0.25) is 0 Å². The Morgan fingerprint density at radius 3 is 2.11 bits per heavy atom. The van der Waals surface area contributed by atoms with E-state index in [2.05, 4.69) is 39.1 Å². The number of esters is 1. The molecule has 0 N–H and O–H groups in total. The molecular formula is C38H32N4O3. The summed E-state index contributed by atoms with van der Waals surface area (Å²) in [6.07, 6.45) is 5.05. The highest BCUT2D eigenvalue weighted by Crippen LogP contribution is 2.33. The van der Waals surface area contributed by atoms with Crippen LogP contribution in [-0.4, -0.2) is 63.9 Å². The van der Waals surface area contributed by atoms with E-state index >= 15 is 0 Å². The number of benzene rings is 4. The number of fused-ring (bicyclic) bond motifs is 2. The summed E-state index contributed by atoms with van der Waals surface area (Å²) < 4.78 is 6.04. The summed E-state index contributed by atoms with van der Waals surface area (Å²) in [6, 6.07) is 37.6. The molecule has 1 saturated heterocycles. The second-order valence-corrected chi connectivity index (χ2v) is 11.3. The lowest BCUT2D eigenvalue weighted by atomic mass is 9.94. The third-order valence-corrected chi connectivity index (χ3v) is 8.55. The quantitative estimate of drug-likeness (QED) is 0.196. The average molecular weight is 593 g/mol. The molecule has 0 spiro atoms. The number of hydrogen-bond donors (Lipinski definition) is 0. The van der Waals surface area contributed by atoms with Crippen LogP contribution in [0.15, 0.2) is 134 Å². The van der Waals surface area contributed by atoms with E-state index in [4.69, 9.17) is 4.74 Å². The number of hydrogen-bond acceptors (Lipinski definition) is 6. The lowest BCUT2D eigenvalue weighted by Gasteiger charge is -2.45. The number of carbonyl (C=O) groups excluding carboxylic acids is 2. The molecule has 7 nitrogen and oxygen atoms in total. The molecule has 0 aliphatic carbocycles. The van der Waals surface area contributed by atoms with Crippen LogP contribution in [0.3, 0.4) is 0 Å². The Morgan fingerprint density at radius 1 is 0.733 bits per heavy atom. The molecule has 1 aliphatic rings. The van der Waals surface area contributed by atoms with Gasteiger partial charge in [0.25, 0.3) is 5.91 Å². The van der Waals surface area contributed by atoms with E-state index in [-0.39, 0.29) is 30.3 Å². The number of rotatable bonds is 7. The number of pyridine rings is 2. The monoisotopic (exact) mass is 592 g/mol. The highest BCUT2D eigenvalue weighted by atomic mass is 16.5. The van der Waals surface area contributed by atoms with Gasteiger partial charge in [-0.2, -0.15) is 0 Å². The molecule has 1 aliphatic heterocycles. The molecule has 3 heterocycles. The van der Waals surface area contributed by atoms with Gasteiger partial charge in [0.2, 0.25) is 0 Å². The Bertz CT molecular complexity index is 1910. The molecular weight excluding hydrogens is 560 g/mol. The largest absolute Gasteiger partial charge is 0.459 e. The summed E-state index contributed by atoms with van der Waals surface area (Å²) in [5.41, 5.74) is 3.12. The zero-order valence-corrected chi connectivity index (χ0v) is 24.7. The number of amides is 1. The van der Waals surface area contributed by atoms with Crippen LogP contribution in [0.25, 0.3) is 21.5 Å². The molecule has 4 aromatic carbocycles. The second kappa shape index (κ2) is 12.7. The first kappa shape index (κ1) is 28.4. The van der Waals surface area contributed by atoms with E-state index in [0.717, 1.165) is 32.7 Å². The van der Waals surface area contributed by atoms with E-state index in [1.54, 1.807) is 18.6 Å². The number of piperazine rings is 1. The summed E-state index contributed by atoms with van der Waals surface area (Å²) >= 11 is 0. The maximum atomic E-state index is 14.0. The number of carbonyl (C=O) groups is 2. The first-order valence-corrected chi connectivity index (χ1v) is 15.2. The molecule has 45 heavy (non-hydrogen) atoms. The third-order valence-electron chi connectivity index (χ3n) is 8.55. The van der Waals surface area contributed by atoms with Crippen LogP contribution in [0.4, 0.5) is 0 Å². The lowest BCUT2D eigenvalue weighted by Crippen LogP contribution is -2.57. The zero-order valence-electron chi connectivity index (χ0n) is 24.7. The van der Waals surface area contributed by atoms with Crippen LogP contribution in [0.5, 0.6) is 0 Å². The maximum Gasteiger partial charge on any atom is 0.357 e. The van der Waals surface area contributed by atoms with Gasteiger partial charge in [-0.25, -0.2) is 9.78 Å². The highest BCUT2D eigenvalue weighted by Gasteiger charge is 2.37. The van der Waals surface area contributed by atoms with E-state index in [0.29, 0.717) is 25.2 Å². The summed E-state index contributed by atoms with van der Waals surface area (Å²) in [5.74, 6) is -0.564. The third kappa shape index (κ3) is 5.78. The summed E-state index contributed by atoms with van der Waals surface area (Å²) in [6.45, 7) is 1.59. The van der Waals surface area contributed by atoms with Gasteiger partial charge in [-0.3, -0.25) is 14.7 Å². The second-order valence-electron chi connectivity index (χ2n) is 11.3. The van der Waals surface area contributed by atoms with Crippen molar-refractivity contribution in [2.75, 3.05) is 26.2 Å². The molecule has 0 unspecified atom stereocenters. The van der Waals surface area contributed by atoms with Gasteiger partial charge in [0.1, 0.15) is 6.61 Å². The van der Waals surface area contributed by atoms with Crippen molar-refractivity contribution >= 4 is 33.4 Å². The van der Waals surface area contributed by atoms with Gasteiger partial charge in [-0.15, -0.1) is 0 Å². The summed E-state index contributed by atoms with van der Waals surface area (Å²) in [5, 5.41) is 3.46. The first-order valence-electron chi connectivity index (χ1n) is 15.2. The predicted molar refractivity (Wildman–Crippen MR) is 175 cm³/mol. The normalized spacial score (nSPS) is 15.4. The van der Waals surface area contributed by atoms with Crippen molar-refractivity contribution in [2.24, 2.45) is 0 Å². The molecule has 6 aromatic rings. The van der Waals surface area contributed by atoms with Gasteiger partial charge in [0.05, 0.1) is 17.6 Å². The topological polar surface area (TPSA) is 75.6 Å². The fraction of sp³-hybridized carbons (Fsp3) is 0.158. The van der Waals surface area contributed by atoms with E-state index in [9.17, 15) is 9.59 Å². The van der Waals surface area contributed by atoms with Crippen LogP contribution in [-0.2, 0) is 4.74 Å². The van der Waals surface area contributed by atoms with Crippen LogP contribution in [0, 0.1) is 0 Å². The fourth-order valence-corrected chi connectivity index (χ4v) is 6.37. The molecule has 7 rings (SSSR count). The van der Waals surface area contributed by atoms with Crippen molar-refractivity contribution in [3.05, 3.63) is 156 Å². The van der Waals surface area contributed by atoms with Gasteiger partial charge in [0.15, 0.2) is 5.69 Å². The van der Waals surface area contributed by atoms with E-state index < -0.39 is 5.97 Å². The molecule has 0 radical (unpaired) electrons. The van der Waals surface area contributed by atoms with Gasteiger partial charge in [-0.05, 0) is 28.0 Å². The first-order chi connectivity index (χ1) is 22.2. The minimum Gasteiger partial charge on any atom is -0.459 e. The van der Waals surface area contributed by atoms with Gasteiger partial charge in [-0.1, -0.05) is 109 Å². The smallest absolute Gasteiger partial charge is 0.357 e. The number of ether oxygens (including phenoxy) is 1. The molecule has 7 heteroatoms. The highest BCUT2D eigenvalue weighted by molar-refractivity contribution is 6.06. The molecule has 0 saturated carbocycles. The SMILES string of the molecule is O=C(OC[C@H]1CN(C(=O)c2cncc3ccccc23)CCN1C(c1ccccc1)c1ccccc1)c1nccc2ccccc12. The molecule has 1 amide bonds. The fourth-order valence-electron chi connectivity index (χ4n) is 6.37. The van der Waals surface area contributed by atoms with Crippen molar-refractivity contribution < 1.29 is 14.3 Å². The van der Waals surface area contributed by atoms with Crippen molar-refractivity contribution in [1.82, 2.24) is 19.8 Å².